The molecule has 1 aromatic rings. The maximum Gasteiger partial charge on any atom is 0.410 e. The van der Waals surface area contributed by atoms with Crippen LogP contribution in [0.5, 0.6) is 0 Å². The van der Waals surface area contributed by atoms with Gasteiger partial charge in [0, 0.05) is 32.4 Å². The van der Waals surface area contributed by atoms with Gasteiger partial charge in [0.05, 0.1) is 4.47 Å². The van der Waals surface area contributed by atoms with Gasteiger partial charge in [-0.1, -0.05) is 0 Å². The van der Waals surface area contributed by atoms with E-state index in [0.717, 1.165) is 12.8 Å². The number of likely N-dealkylation sites (tertiary alicyclic amines) is 1. The van der Waals surface area contributed by atoms with Crippen molar-refractivity contribution in [3.8, 4) is 0 Å². The average Bonchev–Trinajstić information content (AvgIpc) is 2.57. The summed E-state index contributed by atoms with van der Waals surface area (Å²) in [6.07, 6.45) is 1.27. The maximum absolute atomic E-state index is 13.6. The highest BCUT2D eigenvalue weighted by molar-refractivity contribution is 9.10. The molecule has 6 nitrogen and oxygen atoms in total. The molecule has 1 fully saturated rings. The Morgan fingerprint density at radius 2 is 1.96 bits per heavy atom. The molecule has 0 aromatic heterocycles. The second-order valence-corrected chi connectivity index (χ2v) is 8.70. The van der Waals surface area contributed by atoms with Crippen molar-refractivity contribution in [1.82, 2.24) is 9.80 Å². The molecule has 8 heteroatoms. The van der Waals surface area contributed by atoms with Crippen LogP contribution in [0.2, 0.25) is 0 Å². The minimum Gasteiger partial charge on any atom is -0.444 e. The third-order valence-electron chi connectivity index (χ3n) is 4.31. The number of hydrogen-bond acceptors (Lipinski definition) is 3. The number of ether oxygens (including phenoxy) is 1. The van der Waals surface area contributed by atoms with Gasteiger partial charge < -0.3 is 19.9 Å². The van der Waals surface area contributed by atoms with Crippen molar-refractivity contribution in [2.45, 2.75) is 39.2 Å². The number of rotatable bonds is 3. The Morgan fingerprint density at radius 1 is 1.33 bits per heavy atom. The van der Waals surface area contributed by atoms with Crippen LogP contribution in [-0.4, -0.2) is 54.2 Å². The summed E-state index contributed by atoms with van der Waals surface area (Å²) in [5.74, 6) is -0.103. The molecule has 27 heavy (non-hydrogen) atoms. The Bertz CT molecular complexity index is 685. The van der Waals surface area contributed by atoms with E-state index < -0.39 is 11.4 Å². The number of nitrogens with zero attached hydrogens (tertiary/aromatic N) is 2. The van der Waals surface area contributed by atoms with Crippen LogP contribution < -0.4 is 5.32 Å². The van der Waals surface area contributed by atoms with Crippen LogP contribution in [0.25, 0.3) is 0 Å². The summed E-state index contributed by atoms with van der Waals surface area (Å²) in [7, 11) is 1.73. The third-order valence-corrected chi connectivity index (χ3v) is 4.95. The molecule has 1 N–H and O–H groups in total. The van der Waals surface area contributed by atoms with Gasteiger partial charge in [-0.3, -0.25) is 0 Å². The fourth-order valence-electron chi connectivity index (χ4n) is 2.90. The van der Waals surface area contributed by atoms with E-state index >= 15 is 0 Å². The molecular formula is C19H27BrFN3O3. The molecule has 1 aliphatic heterocycles. The second-order valence-electron chi connectivity index (χ2n) is 7.85. The van der Waals surface area contributed by atoms with E-state index in [9.17, 15) is 14.0 Å². The van der Waals surface area contributed by atoms with Gasteiger partial charge in [-0.15, -0.1) is 0 Å². The molecule has 2 rings (SSSR count). The fraction of sp³-hybridized carbons (Fsp3) is 0.579. The maximum atomic E-state index is 13.6. The molecule has 0 saturated carbocycles. The minimum atomic E-state index is -0.515. The molecule has 0 unspecified atom stereocenters. The number of anilines is 1. The van der Waals surface area contributed by atoms with Crippen LogP contribution in [-0.2, 0) is 4.74 Å². The Kier molecular flexibility index (Phi) is 7.08. The van der Waals surface area contributed by atoms with Crippen LogP contribution in [0.1, 0.15) is 33.6 Å². The highest BCUT2D eigenvalue weighted by Gasteiger charge is 2.26. The summed E-state index contributed by atoms with van der Waals surface area (Å²) in [6, 6.07) is 4.25. The van der Waals surface area contributed by atoms with Gasteiger partial charge in [0.2, 0.25) is 0 Å². The Morgan fingerprint density at radius 3 is 2.52 bits per heavy atom. The lowest BCUT2D eigenvalue weighted by atomic mass is 9.96. The van der Waals surface area contributed by atoms with Gasteiger partial charge in [-0.05, 0) is 73.7 Å². The van der Waals surface area contributed by atoms with Crippen molar-refractivity contribution in [3.05, 3.63) is 28.5 Å². The predicted octanol–water partition coefficient (Wildman–Crippen LogP) is 4.70. The summed E-state index contributed by atoms with van der Waals surface area (Å²) >= 11 is 3.09. The molecule has 0 aliphatic carbocycles. The fourth-order valence-corrected chi connectivity index (χ4v) is 3.14. The monoisotopic (exact) mass is 443 g/mol. The quantitative estimate of drug-likeness (QED) is 0.736. The van der Waals surface area contributed by atoms with Crippen molar-refractivity contribution in [2.24, 2.45) is 5.92 Å². The first-order valence-electron chi connectivity index (χ1n) is 9.00. The van der Waals surface area contributed by atoms with Crippen LogP contribution >= 0.6 is 15.9 Å². The molecule has 1 aromatic carbocycles. The highest BCUT2D eigenvalue weighted by Crippen LogP contribution is 2.22. The van der Waals surface area contributed by atoms with Crippen molar-refractivity contribution in [1.29, 1.82) is 0 Å². The minimum absolute atomic E-state index is 0.240. The second kappa shape index (κ2) is 8.91. The van der Waals surface area contributed by atoms with Gasteiger partial charge in [0.15, 0.2) is 0 Å². The van der Waals surface area contributed by atoms with E-state index in [1.165, 1.54) is 6.07 Å². The lowest BCUT2D eigenvalue weighted by Crippen LogP contribution is -2.44. The van der Waals surface area contributed by atoms with Gasteiger partial charge in [0.1, 0.15) is 11.4 Å². The van der Waals surface area contributed by atoms with E-state index in [1.54, 1.807) is 29.0 Å². The Hall–Kier alpha value is -1.83. The van der Waals surface area contributed by atoms with Gasteiger partial charge in [-0.2, -0.15) is 0 Å². The van der Waals surface area contributed by atoms with Crippen molar-refractivity contribution in [2.75, 3.05) is 32.0 Å². The zero-order valence-electron chi connectivity index (χ0n) is 16.2. The Balaban J connectivity index is 1.79. The molecule has 150 valence electrons. The van der Waals surface area contributed by atoms with E-state index in [-0.39, 0.29) is 12.1 Å². The largest absolute Gasteiger partial charge is 0.444 e. The van der Waals surface area contributed by atoms with Crippen molar-refractivity contribution >= 4 is 33.7 Å². The molecule has 1 saturated heterocycles. The number of piperidine rings is 1. The first-order chi connectivity index (χ1) is 12.5. The summed E-state index contributed by atoms with van der Waals surface area (Å²) in [6.45, 7) is 7.31. The van der Waals surface area contributed by atoms with Crippen molar-refractivity contribution < 1.29 is 18.7 Å². The van der Waals surface area contributed by atoms with Gasteiger partial charge >= 0.3 is 12.1 Å². The summed E-state index contributed by atoms with van der Waals surface area (Å²) < 4.78 is 19.3. The molecular weight excluding hydrogens is 417 g/mol. The lowest BCUT2D eigenvalue weighted by molar-refractivity contribution is 0.0255. The summed E-state index contributed by atoms with van der Waals surface area (Å²) in [4.78, 5) is 27.7. The normalized spacial score (nSPS) is 15.4. The molecule has 1 heterocycles. The molecule has 1 aliphatic rings. The number of amides is 3. The van der Waals surface area contributed by atoms with Gasteiger partial charge in [-0.25, -0.2) is 14.0 Å². The predicted molar refractivity (Wildman–Crippen MR) is 106 cm³/mol. The van der Waals surface area contributed by atoms with E-state index in [1.807, 2.05) is 20.8 Å². The number of urea groups is 1. The van der Waals surface area contributed by atoms with Crippen LogP contribution in [0.4, 0.5) is 19.7 Å². The number of nitrogens with one attached hydrogen (secondary N) is 1. The van der Waals surface area contributed by atoms with Crippen LogP contribution in [0, 0.1) is 11.7 Å². The SMILES string of the molecule is CN(CC1CCN(C(=O)Nc2ccc(Br)c(F)c2)CC1)C(=O)OC(C)(C)C. The van der Waals surface area contributed by atoms with Crippen molar-refractivity contribution in [3.63, 3.8) is 0 Å². The van der Waals surface area contributed by atoms with E-state index in [2.05, 4.69) is 21.2 Å². The molecule has 3 amide bonds. The molecule has 0 atom stereocenters. The molecule has 0 spiro atoms. The molecule has 0 bridgehead atoms. The highest BCUT2D eigenvalue weighted by atomic mass is 79.9. The van der Waals surface area contributed by atoms with E-state index in [0.29, 0.717) is 35.7 Å². The number of carbonyl (C=O) groups is 2. The van der Waals surface area contributed by atoms with Crippen LogP contribution in [0.15, 0.2) is 22.7 Å². The summed E-state index contributed by atoms with van der Waals surface area (Å²) in [5, 5.41) is 2.72. The summed E-state index contributed by atoms with van der Waals surface area (Å²) in [5.41, 5.74) is -0.0910. The third kappa shape index (κ3) is 6.68. The number of hydrogen-bond donors (Lipinski definition) is 1. The molecule has 0 radical (unpaired) electrons. The number of carbonyl (C=O) groups excluding carboxylic acids is 2. The topological polar surface area (TPSA) is 61.9 Å². The van der Waals surface area contributed by atoms with E-state index in [4.69, 9.17) is 4.74 Å². The lowest BCUT2D eigenvalue weighted by Gasteiger charge is -2.34. The smallest absolute Gasteiger partial charge is 0.410 e. The van der Waals surface area contributed by atoms with Crippen LogP contribution in [0.3, 0.4) is 0 Å². The van der Waals surface area contributed by atoms with Gasteiger partial charge in [0.25, 0.3) is 0 Å². The zero-order valence-corrected chi connectivity index (χ0v) is 17.8. The zero-order chi connectivity index (χ0) is 20.2. The average molecular weight is 444 g/mol. The number of benzene rings is 1. The standard InChI is InChI=1S/C19H27BrFN3O3/c1-19(2,3)27-18(26)23(4)12-13-7-9-24(10-8-13)17(25)22-14-5-6-15(20)16(21)11-14/h5-6,11,13H,7-10,12H2,1-4H3,(H,22,25). The first kappa shape index (κ1) is 21.5. The Labute approximate surface area is 168 Å². The number of halogens is 2. The first-order valence-corrected chi connectivity index (χ1v) is 9.79.